The van der Waals surface area contributed by atoms with Gasteiger partial charge in [-0.3, -0.25) is 0 Å². The molecule has 0 amide bonds. The molecule has 3 nitrogen and oxygen atoms in total. The lowest BCUT2D eigenvalue weighted by molar-refractivity contribution is 0.784. The van der Waals surface area contributed by atoms with Crippen molar-refractivity contribution in [2.24, 2.45) is 0 Å². The number of aryl methyl sites for hydroxylation is 2. The van der Waals surface area contributed by atoms with E-state index in [0.717, 1.165) is 18.7 Å². The monoisotopic (exact) mass is 243 g/mol. The van der Waals surface area contributed by atoms with Gasteiger partial charge in [0.25, 0.3) is 0 Å². The van der Waals surface area contributed by atoms with Gasteiger partial charge in [-0.25, -0.2) is 4.68 Å². The van der Waals surface area contributed by atoms with E-state index >= 15 is 0 Å². The Bertz CT molecular complexity index is 520. The van der Waals surface area contributed by atoms with Gasteiger partial charge in [-0.2, -0.15) is 5.10 Å². The van der Waals surface area contributed by atoms with Gasteiger partial charge in [-0.15, -0.1) is 0 Å². The Morgan fingerprint density at radius 1 is 1.11 bits per heavy atom. The van der Waals surface area contributed by atoms with E-state index in [2.05, 4.69) is 49.4 Å². The quantitative estimate of drug-likeness (QED) is 0.894. The van der Waals surface area contributed by atoms with Crippen LogP contribution in [-0.4, -0.2) is 23.4 Å². The van der Waals surface area contributed by atoms with Crippen molar-refractivity contribution < 1.29 is 0 Å². The van der Waals surface area contributed by atoms with Gasteiger partial charge < -0.3 is 5.32 Å². The van der Waals surface area contributed by atoms with Crippen molar-refractivity contribution in [2.45, 2.75) is 27.2 Å². The maximum atomic E-state index is 4.51. The smallest absolute Gasteiger partial charge is 0.0654 e. The zero-order valence-corrected chi connectivity index (χ0v) is 11.6. The molecule has 0 fully saturated rings. The van der Waals surface area contributed by atoms with Crippen LogP contribution in [-0.2, 0) is 6.42 Å². The largest absolute Gasteiger partial charge is 0.319 e. The summed E-state index contributed by atoms with van der Waals surface area (Å²) in [5, 5.41) is 7.68. The van der Waals surface area contributed by atoms with Gasteiger partial charge in [0.15, 0.2) is 0 Å². The molecule has 1 aromatic carbocycles. The highest BCUT2D eigenvalue weighted by atomic mass is 15.3. The van der Waals surface area contributed by atoms with Crippen LogP contribution in [0.2, 0.25) is 0 Å². The summed E-state index contributed by atoms with van der Waals surface area (Å²) in [4.78, 5) is 0. The van der Waals surface area contributed by atoms with Gasteiger partial charge in [0.1, 0.15) is 0 Å². The van der Waals surface area contributed by atoms with Crippen molar-refractivity contribution in [2.75, 3.05) is 13.6 Å². The summed E-state index contributed by atoms with van der Waals surface area (Å²) in [5.41, 5.74) is 6.24. The van der Waals surface area contributed by atoms with Crippen molar-refractivity contribution in [1.82, 2.24) is 15.1 Å². The van der Waals surface area contributed by atoms with Crippen LogP contribution in [0.15, 0.2) is 24.4 Å². The Balaban J connectivity index is 2.36. The molecule has 0 saturated carbocycles. The van der Waals surface area contributed by atoms with Crippen molar-refractivity contribution in [1.29, 1.82) is 0 Å². The van der Waals surface area contributed by atoms with E-state index in [9.17, 15) is 0 Å². The Labute approximate surface area is 109 Å². The molecule has 0 aliphatic carbocycles. The molecule has 1 aromatic heterocycles. The molecule has 18 heavy (non-hydrogen) atoms. The van der Waals surface area contributed by atoms with Crippen LogP contribution in [0.3, 0.4) is 0 Å². The standard InChI is InChI=1S/C15H21N3/c1-11-7-12(2)9-15(8-11)18-13(3)14(10-17-18)5-6-16-4/h7-10,16H,5-6H2,1-4H3. The number of likely N-dealkylation sites (N-methyl/N-ethyl adjacent to an activating group) is 1. The second-order valence-corrected chi connectivity index (χ2v) is 4.87. The first-order valence-corrected chi connectivity index (χ1v) is 6.38. The fourth-order valence-corrected chi connectivity index (χ4v) is 2.28. The molecule has 0 bridgehead atoms. The molecule has 2 aromatic rings. The second kappa shape index (κ2) is 5.36. The van der Waals surface area contributed by atoms with Crippen LogP contribution in [0, 0.1) is 20.8 Å². The molecule has 0 radical (unpaired) electrons. The van der Waals surface area contributed by atoms with Crippen molar-refractivity contribution >= 4 is 0 Å². The summed E-state index contributed by atoms with van der Waals surface area (Å²) in [5.74, 6) is 0. The van der Waals surface area contributed by atoms with Crippen molar-refractivity contribution in [3.8, 4) is 5.69 Å². The summed E-state index contributed by atoms with van der Waals surface area (Å²) < 4.78 is 2.03. The van der Waals surface area contributed by atoms with E-state index in [1.54, 1.807) is 0 Å². The molecule has 1 N–H and O–H groups in total. The minimum absolute atomic E-state index is 0.985. The lowest BCUT2D eigenvalue weighted by Gasteiger charge is -2.08. The Morgan fingerprint density at radius 2 is 1.78 bits per heavy atom. The van der Waals surface area contributed by atoms with Gasteiger partial charge in [-0.05, 0) is 69.6 Å². The first-order valence-electron chi connectivity index (χ1n) is 6.38. The molecule has 2 rings (SSSR count). The highest BCUT2D eigenvalue weighted by Crippen LogP contribution is 2.17. The zero-order chi connectivity index (χ0) is 13.1. The number of hydrogen-bond acceptors (Lipinski definition) is 2. The van der Waals surface area contributed by atoms with Crippen LogP contribution in [0.4, 0.5) is 0 Å². The topological polar surface area (TPSA) is 29.9 Å². The van der Waals surface area contributed by atoms with Gasteiger partial charge in [0.05, 0.1) is 11.9 Å². The number of nitrogens with one attached hydrogen (secondary N) is 1. The van der Waals surface area contributed by atoms with Crippen LogP contribution < -0.4 is 5.32 Å². The molecule has 0 unspecified atom stereocenters. The van der Waals surface area contributed by atoms with E-state index in [1.807, 2.05) is 17.9 Å². The minimum atomic E-state index is 0.985. The van der Waals surface area contributed by atoms with E-state index in [-0.39, 0.29) is 0 Å². The number of nitrogens with zero attached hydrogens (tertiary/aromatic N) is 2. The summed E-state index contributed by atoms with van der Waals surface area (Å²) >= 11 is 0. The van der Waals surface area contributed by atoms with Crippen molar-refractivity contribution in [3.63, 3.8) is 0 Å². The second-order valence-electron chi connectivity index (χ2n) is 4.87. The minimum Gasteiger partial charge on any atom is -0.319 e. The third-order valence-corrected chi connectivity index (χ3v) is 3.21. The lowest BCUT2D eigenvalue weighted by atomic mass is 10.1. The third-order valence-electron chi connectivity index (χ3n) is 3.21. The lowest BCUT2D eigenvalue weighted by Crippen LogP contribution is -2.10. The molecule has 0 aliphatic rings. The van der Waals surface area contributed by atoms with E-state index < -0.39 is 0 Å². The SMILES string of the molecule is CNCCc1cnn(-c2cc(C)cc(C)c2)c1C. The molecule has 0 saturated heterocycles. The van der Waals surface area contributed by atoms with Crippen LogP contribution in [0.5, 0.6) is 0 Å². The Hall–Kier alpha value is -1.61. The van der Waals surface area contributed by atoms with E-state index in [1.165, 1.54) is 22.4 Å². The number of rotatable bonds is 4. The van der Waals surface area contributed by atoms with Crippen molar-refractivity contribution in [3.05, 3.63) is 46.8 Å². The molecular weight excluding hydrogens is 222 g/mol. The van der Waals surface area contributed by atoms with Crippen LogP contribution in [0.1, 0.15) is 22.4 Å². The number of hydrogen-bond donors (Lipinski definition) is 1. The Morgan fingerprint density at radius 3 is 2.39 bits per heavy atom. The maximum Gasteiger partial charge on any atom is 0.0654 e. The first-order chi connectivity index (χ1) is 8.61. The summed E-state index contributed by atoms with van der Waals surface area (Å²) in [6.07, 6.45) is 3.00. The zero-order valence-electron chi connectivity index (χ0n) is 11.6. The highest BCUT2D eigenvalue weighted by molar-refractivity contribution is 5.41. The predicted molar refractivity (Wildman–Crippen MR) is 75.4 cm³/mol. The fourth-order valence-electron chi connectivity index (χ4n) is 2.28. The first kappa shape index (κ1) is 12.8. The third kappa shape index (κ3) is 2.62. The predicted octanol–water partition coefficient (Wildman–Crippen LogP) is 2.56. The number of benzene rings is 1. The average molecular weight is 243 g/mol. The van der Waals surface area contributed by atoms with Crippen LogP contribution in [0.25, 0.3) is 5.69 Å². The molecule has 96 valence electrons. The van der Waals surface area contributed by atoms with Crippen LogP contribution >= 0.6 is 0 Å². The molecule has 0 spiro atoms. The molecule has 1 heterocycles. The molecular formula is C15H21N3. The normalized spacial score (nSPS) is 10.9. The molecule has 0 aliphatic heterocycles. The molecule has 3 heteroatoms. The highest BCUT2D eigenvalue weighted by Gasteiger charge is 2.08. The maximum absolute atomic E-state index is 4.51. The van der Waals surface area contributed by atoms with E-state index in [0.29, 0.717) is 0 Å². The van der Waals surface area contributed by atoms with Gasteiger partial charge in [0.2, 0.25) is 0 Å². The summed E-state index contributed by atoms with van der Waals surface area (Å²) in [6.45, 7) is 7.36. The molecule has 0 atom stereocenters. The number of aromatic nitrogens is 2. The van der Waals surface area contributed by atoms with Gasteiger partial charge >= 0.3 is 0 Å². The summed E-state index contributed by atoms with van der Waals surface area (Å²) in [6, 6.07) is 6.54. The Kier molecular flexibility index (Phi) is 3.82. The average Bonchev–Trinajstić information content (AvgIpc) is 2.67. The van der Waals surface area contributed by atoms with E-state index in [4.69, 9.17) is 0 Å². The summed E-state index contributed by atoms with van der Waals surface area (Å²) in [7, 11) is 1.98. The van der Waals surface area contributed by atoms with Gasteiger partial charge in [0, 0.05) is 5.69 Å². The van der Waals surface area contributed by atoms with Gasteiger partial charge in [-0.1, -0.05) is 6.07 Å². The fraction of sp³-hybridized carbons (Fsp3) is 0.400.